The average molecular weight is 306 g/mol. The second kappa shape index (κ2) is 6.83. The van der Waals surface area contributed by atoms with Crippen molar-refractivity contribution in [3.8, 4) is 11.5 Å². The molecule has 112 valence electrons. The highest BCUT2D eigenvalue weighted by atomic mass is 35.5. The number of ether oxygens (including phenoxy) is 1. The Morgan fingerprint density at radius 2 is 2.05 bits per heavy atom. The van der Waals surface area contributed by atoms with Gasteiger partial charge < -0.3 is 15.2 Å². The highest BCUT2D eigenvalue weighted by Gasteiger charge is 2.11. The lowest BCUT2D eigenvalue weighted by Gasteiger charge is -2.16. The molecule has 0 unspecified atom stereocenters. The average Bonchev–Trinajstić information content (AvgIpc) is 2.47. The quantitative estimate of drug-likeness (QED) is 0.869. The van der Waals surface area contributed by atoms with Crippen LogP contribution in [0, 0.1) is 6.92 Å². The zero-order valence-electron chi connectivity index (χ0n) is 12.5. The zero-order valence-corrected chi connectivity index (χ0v) is 13.2. The third-order valence-corrected chi connectivity index (χ3v) is 3.70. The number of methoxy groups -OCH3 is 1. The Bertz CT molecular complexity index is 628. The molecule has 2 aromatic carbocycles. The monoisotopic (exact) mass is 305 g/mol. The topological polar surface area (TPSA) is 41.5 Å². The van der Waals surface area contributed by atoms with Crippen LogP contribution in [0.25, 0.3) is 0 Å². The van der Waals surface area contributed by atoms with Crippen molar-refractivity contribution >= 4 is 11.6 Å². The van der Waals surface area contributed by atoms with Crippen molar-refractivity contribution in [3.05, 3.63) is 58.1 Å². The Morgan fingerprint density at radius 3 is 2.71 bits per heavy atom. The van der Waals surface area contributed by atoms with Crippen molar-refractivity contribution in [2.75, 3.05) is 7.11 Å². The molecule has 0 saturated heterocycles. The molecule has 0 aliphatic carbocycles. The third kappa shape index (κ3) is 3.90. The number of hydrogen-bond donors (Lipinski definition) is 2. The minimum absolute atomic E-state index is 0.130. The summed E-state index contributed by atoms with van der Waals surface area (Å²) in [5, 5.41) is 14.1. The first kappa shape index (κ1) is 15.7. The van der Waals surface area contributed by atoms with E-state index in [-0.39, 0.29) is 11.8 Å². The van der Waals surface area contributed by atoms with Gasteiger partial charge in [0.25, 0.3) is 0 Å². The Hall–Kier alpha value is -1.71. The molecule has 4 heteroatoms. The highest BCUT2D eigenvalue weighted by Crippen LogP contribution is 2.33. The molecule has 2 N–H and O–H groups in total. The minimum Gasteiger partial charge on any atom is -0.504 e. The van der Waals surface area contributed by atoms with Gasteiger partial charge in [-0.15, -0.1) is 0 Å². The number of benzene rings is 2. The third-order valence-electron chi connectivity index (χ3n) is 3.48. The van der Waals surface area contributed by atoms with Gasteiger partial charge in [0.05, 0.1) is 7.11 Å². The molecule has 0 aromatic heterocycles. The second-order valence-corrected chi connectivity index (χ2v) is 5.57. The van der Waals surface area contributed by atoms with Gasteiger partial charge in [-0.1, -0.05) is 41.4 Å². The van der Waals surface area contributed by atoms with Crippen LogP contribution in [0.5, 0.6) is 11.5 Å². The lowest BCUT2D eigenvalue weighted by atomic mass is 10.1. The molecule has 21 heavy (non-hydrogen) atoms. The van der Waals surface area contributed by atoms with Crippen LogP contribution in [0.4, 0.5) is 0 Å². The molecule has 2 aromatic rings. The fourth-order valence-corrected chi connectivity index (χ4v) is 2.47. The molecule has 0 heterocycles. The molecular formula is C17H20ClNO2. The lowest BCUT2D eigenvalue weighted by Crippen LogP contribution is -2.18. The molecule has 0 bridgehead atoms. The second-order valence-electron chi connectivity index (χ2n) is 5.13. The summed E-state index contributed by atoms with van der Waals surface area (Å²) in [5.41, 5.74) is 3.16. The van der Waals surface area contributed by atoms with E-state index in [9.17, 15) is 5.11 Å². The molecule has 0 fully saturated rings. The van der Waals surface area contributed by atoms with Gasteiger partial charge in [0, 0.05) is 29.2 Å². The van der Waals surface area contributed by atoms with Crippen LogP contribution in [0.2, 0.25) is 5.02 Å². The smallest absolute Gasteiger partial charge is 0.162 e. The van der Waals surface area contributed by atoms with Crippen molar-refractivity contribution in [3.63, 3.8) is 0 Å². The predicted molar refractivity (Wildman–Crippen MR) is 86.1 cm³/mol. The maximum absolute atomic E-state index is 10.1. The van der Waals surface area contributed by atoms with Gasteiger partial charge in [0.1, 0.15) is 0 Å². The van der Waals surface area contributed by atoms with Crippen LogP contribution < -0.4 is 10.1 Å². The lowest BCUT2D eigenvalue weighted by molar-refractivity contribution is 0.369. The van der Waals surface area contributed by atoms with Crippen LogP contribution in [0.15, 0.2) is 36.4 Å². The molecule has 0 saturated carbocycles. The Morgan fingerprint density at radius 1 is 1.29 bits per heavy atom. The molecule has 0 amide bonds. The summed E-state index contributed by atoms with van der Waals surface area (Å²) in [4.78, 5) is 0. The van der Waals surface area contributed by atoms with Gasteiger partial charge in [-0.25, -0.2) is 0 Å². The van der Waals surface area contributed by atoms with Gasteiger partial charge in [0.15, 0.2) is 11.5 Å². The van der Waals surface area contributed by atoms with E-state index in [2.05, 4.69) is 37.4 Å². The molecule has 0 aliphatic rings. The fourth-order valence-electron chi connectivity index (χ4n) is 2.24. The van der Waals surface area contributed by atoms with Crippen LogP contribution in [0.1, 0.15) is 29.7 Å². The van der Waals surface area contributed by atoms with Crippen LogP contribution in [0.3, 0.4) is 0 Å². The van der Waals surface area contributed by atoms with Gasteiger partial charge in [-0.05, 0) is 25.5 Å². The first-order valence-corrected chi connectivity index (χ1v) is 7.24. The molecule has 1 atom stereocenters. The van der Waals surface area contributed by atoms with Gasteiger partial charge in [-0.2, -0.15) is 0 Å². The molecule has 0 radical (unpaired) electrons. The number of rotatable bonds is 5. The molecule has 0 aliphatic heterocycles. The molecule has 2 rings (SSSR count). The van der Waals surface area contributed by atoms with E-state index in [0.29, 0.717) is 17.3 Å². The summed E-state index contributed by atoms with van der Waals surface area (Å²) < 4.78 is 5.11. The number of phenols is 1. The van der Waals surface area contributed by atoms with Crippen LogP contribution in [-0.2, 0) is 6.54 Å². The van der Waals surface area contributed by atoms with Crippen molar-refractivity contribution < 1.29 is 9.84 Å². The summed E-state index contributed by atoms with van der Waals surface area (Å²) in [5.74, 6) is 0.522. The number of phenolic OH excluding ortho intramolecular Hbond substituents is 1. The van der Waals surface area contributed by atoms with E-state index >= 15 is 0 Å². The Kier molecular flexibility index (Phi) is 5.10. The van der Waals surface area contributed by atoms with Crippen LogP contribution >= 0.6 is 11.6 Å². The van der Waals surface area contributed by atoms with Crippen molar-refractivity contribution in [2.45, 2.75) is 26.4 Å². The summed E-state index contributed by atoms with van der Waals surface area (Å²) in [7, 11) is 1.51. The van der Waals surface area contributed by atoms with Crippen molar-refractivity contribution in [1.82, 2.24) is 5.32 Å². The molecule has 3 nitrogen and oxygen atoms in total. The van der Waals surface area contributed by atoms with Gasteiger partial charge >= 0.3 is 0 Å². The van der Waals surface area contributed by atoms with Crippen molar-refractivity contribution in [1.29, 1.82) is 0 Å². The van der Waals surface area contributed by atoms with Gasteiger partial charge in [0.2, 0.25) is 0 Å². The number of aryl methyl sites for hydroxylation is 1. The molecule has 0 spiro atoms. The first-order chi connectivity index (χ1) is 10.0. The van der Waals surface area contributed by atoms with E-state index < -0.39 is 0 Å². The summed E-state index contributed by atoms with van der Waals surface area (Å²) >= 11 is 6.03. The predicted octanol–water partition coefficient (Wildman–Crippen LogP) is 4.21. The van der Waals surface area contributed by atoms with Crippen LogP contribution in [-0.4, -0.2) is 12.2 Å². The summed E-state index contributed by atoms with van der Waals surface area (Å²) in [6.07, 6.45) is 0. The zero-order chi connectivity index (χ0) is 15.4. The number of nitrogens with one attached hydrogen (secondary N) is 1. The molecular weight excluding hydrogens is 286 g/mol. The van der Waals surface area contributed by atoms with E-state index in [1.54, 1.807) is 12.1 Å². The summed E-state index contributed by atoms with van der Waals surface area (Å²) in [6.45, 7) is 4.68. The standard InChI is InChI=1S/C17H20ClNO2/c1-11-5-4-6-13(7-11)12(2)19-10-14-8-15(18)9-16(21-3)17(14)20/h4-9,12,19-20H,10H2,1-3H3/t12-/m0/s1. The van der Waals surface area contributed by atoms with E-state index in [1.165, 1.54) is 18.2 Å². The van der Waals surface area contributed by atoms with E-state index in [1.807, 2.05) is 6.07 Å². The Labute approximate surface area is 130 Å². The normalized spacial score (nSPS) is 12.2. The number of halogens is 1. The fraction of sp³-hybridized carbons (Fsp3) is 0.294. The largest absolute Gasteiger partial charge is 0.504 e. The summed E-state index contributed by atoms with van der Waals surface area (Å²) in [6, 6.07) is 11.9. The van der Waals surface area contributed by atoms with Crippen molar-refractivity contribution in [2.24, 2.45) is 0 Å². The first-order valence-electron chi connectivity index (χ1n) is 6.86. The number of hydrogen-bond acceptors (Lipinski definition) is 3. The maximum atomic E-state index is 10.1. The Balaban J connectivity index is 2.11. The van der Waals surface area contributed by atoms with E-state index in [0.717, 1.165) is 5.56 Å². The van der Waals surface area contributed by atoms with Gasteiger partial charge in [-0.3, -0.25) is 0 Å². The minimum atomic E-state index is 0.130. The highest BCUT2D eigenvalue weighted by molar-refractivity contribution is 6.30. The SMILES string of the molecule is COc1cc(Cl)cc(CN[C@@H](C)c2cccc(C)c2)c1O. The maximum Gasteiger partial charge on any atom is 0.162 e. The number of aromatic hydroxyl groups is 1. The van der Waals surface area contributed by atoms with E-state index in [4.69, 9.17) is 16.3 Å².